The molecule has 0 spiro atoms. The molecule has 12 aromatic heterocycles. The molecule has 0 unspecified atom stereocenters. The molecule has 6 aromatic carbocycles. The fourth-order valence-electron chi connectivity index (χ4n) is 13.8. The van der Waals surface area contributed by atoms with Gasteiger partial charge in [0.15, 0.2) is 0 Å². The lowest BCUT2D eigenvalue weighted by atomic mass is 10.2. The van der Waals surface area contributed by atoms with Crippen molar-refractivity contribution < 1.29 is 70.4 Å². The molecule has 0 atom stereocenters. The third kappa shape index (κ3) is 20.0. The molecule has 0 bridgehead atoms. The highest BCUT2D eigenvalue weighted by Gasteiger charge is 2.44. The number of furan rings is 4. The lowest BCUT2D eigenvalue weighted by molar-refractivity contribution is 0.123. The minimum Gasteiger partial charge on any atom is -0.472 e. The van der Waals surface area contributed by atoms with E-state index < -0.39 is 81.5 Å². The number of alkyl halides is 12. The standard InChI is InChI=1S/C20H19F2N2P.C18H13F2O2P.C18H13F2PS2.C12H15F2N2P.C10H9F2O2P.C10H9F2PS2/c1-20(21,22)25(18-12-23(2)16-10-6-4-8-14(16)18)19-13-24(3)17-11-7-5-9-15(17)19;1-18(19,20)23(16-10-21-14-8-4-2-6-12(14)16)17-11-22-15-9-5-3-7-13(15)17;1-18(19,20)21(14-10-22-16-8-4-2-6-12(14)16)15-11-23-17-9-5-3-7-13(15)17;1-12(13,14)17(10-4-6-15(2)8-10)11-5-7-16(3)9-11;1-10(11,12)15(8-2-4-13-6-8)9-3-5-14-7-9;1-10(11,12)13(8-2-4-14-6-8)9-3-5-15-7-9/h4-13H,1-3H3;2*2-11H,1H3;4-9H,1-3H3;2*2-7H,1H3. The number of hydrogen-bond acceptors (Lipinski definition) is 8. The third-order valence-corrected chi connectivity index (χ3v) is 37.0. The highest BCUT2D eigenvalue weighted by Crippen LogP contribution is 2.58. The summed E-state index contributed by atoms with van der Waals surface area (Å²) in [7, 11) is -2.88. The van der Waals surface area contributed by atoms with Crippen molar-refractivity contribution in [2.75, 3.05) is 0 Å². The highest BCUT2D eigenvalue weighted by molar-refractivity contribution is 7.77. The third-order valence-electron chi connectivity index (χ3n) is 18.6. The average Bonchev–Trinajstić information content (AvgIpc) is 1.60. The Bertz CT molecular complexity index is 5690. The van der Waals surface area contributed by atoms with Crippen LogP contribution < -0.4 is 63.7 Å². The van der Waals surface area contributed by atoms with Crippen LogP contribution in [0, 0.1) is 0 Å². The van der Waals surface area contributed by atoms with Gasteiger partial charge in [-0.05, 0) is 105 Å². The fraction of sp³-hybridized carbons (Fsp3) is 0.182. The Kier molecular flexibility index (Phi) is 27.1. The van der Waals surface area contributed by atoms with E-state index in [4.69, 9.17) is 17.7 Å². The van der Waals surface area contributed by atoms with Gasteiger partial charge in [0.1, 0.15) is 23.7 Å². The maximum atomic E-state index is 14.8. The number of benzene rings is 6. The van der Waals surface area contributed by atoms with Crippen molar-refractivity contribution in [1.82, 2.24) is 18.3 Å². The molecule has 0 aliphatic rings. The molecule has 612 valence electrons. The van der Waals surface area contributed by atoms with Crippen LogP contribution in [0.5, 0.6) is 0 Å². The van der Waals surface area contributed by atoms with E-state index in [2.05, 4.69) is 0 Å². The van der Waals surface area contributed by atoms with Crippen molar-refractivity contribution in [3.63, 3.8) is 0 Å². The maximum absolute atomic E-state index is 14.8. The number of aryl methyl sites for hydroxylation is 4. The van der Waals surface area contributed by atoms with Gasteiger partial charge in [0.05, 0.1) is 25.1 Å². The van der Waals surface area contributed by atoms with Crippen molar-refractivity contribution in [2.24, 2.45) is 28.2 Å². The first-order valence-electron chi connectivity index (χ1n) is 36.4. The zero-order valence-corrected chi connectivity index (χ0v) is 73.6. The smallest absolute Gasteiger partial charge is 0.270 e. The molecule has 0 fully saturated rings. The van der Waals surface area contributed by atoms with Crippen LogP contribution in [0.1, 0.15) is 41.5 Å². The average molecular weight is 1800 g/mol. The SMILES string of the molecule is CC(F)(F)P(c1ccoc1)c1ccoc1.CC(F)(F)P(c1ccsc1)c1ccsc1.CC(F)(F)P(c1coc2ccccc12)c1coc2ccccc12.CC(F)(F)P(c1csc2ccccc12)c1csc2ccccc12.Cn1cc(P(c2cn(C)c3ccccc23)C(C)(F)F)c2ccccc21.Cn1ccc(P(c2ccn(C)c2)C(C)(F)F)c1. The minimum atomic E-state index is -2.89. The lowest BCUT2D eigenvalue weighted by Gasteiger charge is -2.24. The Labute approximate surface area is 696 Å². The summed E-state index contributed by atoms with van der Waals surface area (Å²) in [6.07, 6.45) is 19.3. The van der Waals surface area contributed by atoms with E-state index >= 15 is 0 Å². The number of thiophene rings is 4. The van der Waals surface area contributed by atoms with Crippen LogP contribution in [-0.2, 0) is 28.2 Å². The first kappa shape index (κ1) is 87.5. The van der Waals surface area contributed by atoms with Crippen LogP contribution in [0.2, 0.25) is 0 Å². The van der Waals surface area contributed by atoms with Gasteiger partial charge in [-0.3, -0.25) is 0 Å². The molecule has 0 radical (unpaired) electrons. The quantitative estimate of drug-likeness (QED) is 0.0634. The number of aromatic nitrogens is 4. The molecule has 30 heteroatoms. The Morgan fingerprint density at radius 1 is 0.288 bits per heavy atom. The van der Waals surface area contributed by atoms with Gasteiger partial charge in [0, 0.05) is 271 Å². The van der Waals surface area contributed by atoms with E-state index in [0.717, 1.165) is 126 Å². The van der Waals surface area contributed by atoms with Crippen LogP contribution in [0.4, 0.5) is 52.7 Å². The summed E-state index contributed by atoms with van der Waals surface area (Å²) in [5.74, 6) is 0. The maximum Gasteiger partial charge on any atom is 0.270 e. The van der Waals surface area contributed by atoms with Crippen molar-refractivity contribution in [3.8, 4) is 0 Å². The first-order chi connectivity index (χ1) is 56.0. The zero-order chi connectivity index (χ0) is 84.2. The van der Waals surface area contributed by atoms with Gasteiger partial charge in [-0.25, -0.2) is 52.7 Å². The Morgan fingerprint density at radius 3 is 0.949 bits per heavy atom. The van der Waals surface area contributed by atoms with E-state index in [-0.39, 0.29) is 0 Å². The summed E-state index contributed by atoms with van der Waals surface area (Å²) in [6.45, 7) is 5.98. The van der Waals surface area contributed by atoms with Gasteiger partial charge in [0.25, 0.3) is 34.0 Å². The second kappa shape index (κ2) is 36.5. The normalized spacial score (nSPS) is 12.4. The highest BCUT2D eigenvalue weighted by atomic mass is 32.1. The van der Waals surface area contributed by atoms with Crippen LogP contribution in [0.3, 0.4) is 0 Å². The van der Waals surface area contributed by atoms with Crippen molar-refractivity contribution in [1.29, 1.82) is 0 Å². The number of para-hydroxylation sites is 4. The molecule has 0 aliphatic carbocycles. The molecule has 0 amide bonds. The van der Waals surface area contributed by atoms with Crippen LogP contribution >= 0.6 is 92.9 Å². The van der Waals surface area contributed by atoms with Crippen LogP contribution in [-0.4, -0.2) is 52.3 Å². The molecule has 0 saturated carbocycles. The molecule has 0 saturated heterocycles. The molecule has 0 aliphatic heterocycles. The molecule has 12 heterocycles. The van der Waals surface area contributed by atoms with Crippen molar-refractivity contribution in [3.05, 3.63) is 289 Å². The molecule has 18 rings (SSSR count). The summed E-state index contributed by atoms with van der Waals surface area (Å²) >= 11 is 6.03. The second-order valence-corrected chi connectivity index (χ2v) is 45.9. The predicted octanol–water partition coefficient (Wildman–Crippen LogP) is 25.3. The van der Waals surface area contributed by atoms with Crippen LogP contribution in [0.15, 0.2) is 307 Å². The van der Waals surface area contributed by atoms with Crippen molar-refractivity contribution in [2.45, 2.75) is 75.5 Å². The van der Waals surface area contributed by atoms with Gasteiger partial charge in [-0.1, -0.05) is 109 Å². The van der Waals surface area contributed by atoms with Gasteiger partial charge < -0.3 is 35.9 Å². The molecule has 18 aromatic rings. The minimum absolute atomic E-state index is 0.513. The molecular weight excluding hydrogens is 1720 g/mol. The van der Waals surface area contributed by atoms with E-state index in [0.29, 0.717) is 43.0 Å². The van der Waals surface area contributed by atoms with Crippen LogP contribution in [0.25, 0.3) is 63.9 Å². The number of fused-ring (bicyclic) bond motifs is 6. The van der Waals surface area contributed by atoms with Gasteiger partial charge >= 0.3 is 0 Å². The molecule has 8 nitrogen and oxygen atoms in total. The fourth-order valence-corrected chi connectivity index (χ4v) is 31.8. The van der Waals surface area contributed by atoms with E-state index in [1.165, 1.54) is 60.3 Å². The van der Waals surface area contributed by atoms with E-state index in [9.17, 15) is 52.7 Å². The summed E-state index contributed by atoms with van der Waals surface area (Å²) in [4.78, 5) is 0. The number of nitrogens with zero attached hydrogens (tertiary/aromatic N) is 4. The Hall–Kier alpha value is -8.34. The topological polar surface area (TPSA) is 72.3 Å². The lowest BCUT2D eigenvalue weighted by Crippen LogP contribution is -2.23. The van der Waals surface area contributed by atoms with E-state index in [1.54, 1.807) is 105 Å². The van der Waals surface area contributed by atoms with Gasteiger partial charge in [-0.15, -0.1) is 22.7 Å². The molecule has 118 heavy (non-hydrogen) atoms. The molecule has 0 N–H and O–H groups in total. The first-order valence-corrected chi connectivity index (χ1v) is 48.1. The summed E-state index contributed by atoms with van der Waals surface area (Å²) in [5, 5.41) is 24.5. The Balaban J connectivity index is 0.000000124. The van der Waals surface area contributed by atoms with E-state index in [1.807, 2.05) is 215 Å². The summed E-state index contributed by atoms with van der Waals surface area (Å²) < 4.78 is 200. The summed E-state index contributed by atoms with van der Waals surface area (Å²) in [6, 6.07) is 56.0. The largest absolute Gasteiger partial charge is 0.472 e. The molecular formula is C88H78F12N4O4P6S4. The summed E-state index contributed by atoms with van der Waals surface area (Å²) in [5.41, 5.74) is -13.4. The second-order valence-electron chi connectivity index (χ2n) is 27.8. The van der Waals surface area contributed by atoms with Gasteiger partial charge in [0.2, 0.25) is 0 Å². The number of rotatable bonds is 18. The number of halogens is 12. The zero-order valence-electron chi connectivity index (χ0n) is 65.0. The number of hydrogen-bond donors (Lipinski definition) is 0. The predicted molar refractivity (Wildman–Crippen MR) is 480 cm³/mol. The monoisotopic (exact) mass is 1800 g/mol. The Morgan fingerprint density at radius 2 is 0.610 bits per heavy atom. The van der Waals surface area contributed by atoms with Gasteiger partial charge in [-0.2, -0.15) is 22.7 Å². The van der Waals surface area contributed by atoms with Crippen molar-refractivity contribution >= 4 is 220 Å².